The predicted molar refractivity (Wildman–Crippen MR) is 97.2 cm³/mol. The van der Waals surface area contributed by atoms with Gasteiger partial charge in [-0.25, -0.2) is 14.6 Å². The molecule has 0 atom stereocenters. The number of nitrogens with one attached hydrogen (secondary N) is 1. The Morgan fingerprint density at radius 3 is 2.85 bits per heavy atom. The van der Waals surface area contributed by atoms with Gasteiger partial charge in [-0.1, -0.05) is 36.4 Å². The number of benzene rings is 2. The first-order chi connectivity index (χ1) is 12.8. The van der Waals surface area contributed by atoms with Crippen molar-refractivity contribution in [3.8, 4) is 11.6 Å². The van der Waals surface area contributed by atoms with Crippen LogP contribution in [0.5, 0.6) is 5.75 Å². The number of nitrogens with zero attached hydrogens (tertiary/aromatic N) is 4. The van der Waals surface area contributed by atoms with Crippen molar-refractivity contribution in [2.45, 2.75) is 0 Å². The first-order valence-corrected chi connectivity index (χ1v) is 8.02. The van der Waals surface area contributed by atoms with Crippen molar-refractivity contribution in [3.63, 3.8) is 0 Å². The van der Waals surface area contributed by atoms with Gasteiger partial charge in [0.25, 0.3) is 5.91 Å². The second-order valence-electron chi connectivity index (χ2n) is 5.53. The average Bonchev–Trinajstić information content (AvgIpc) is 3.21. The van der Waals surface area contributed by atoms with E-state index >= 15 is 0 Å². The van der Waals surface area contributed by atoms with Gasteiger partial charge in [0.05, 0.1) is 0 Å². The van der Waals surface area contributed by atoms with Gasteiger partial charge in [0, 0.05) is 23.8 Å². The summed E-state index contributed by atoms with van der Waals surface area (Å²) in [4.78, 5) is 20.4. The smallest absolute Gasteiger partial charge is 0.263 e. The number of ether oxygens (including phenoxy) is 1. The minimum atomic E-state index is -0.303. The number of carbonyl (C=O) groups is 1. The van der Waals surface area contributed by atoms with Gasteiger partial charge in [0.15, 0.2) is 12.4 Å². The van der Waals surface area contributed by atoms with E-state index < -0.39 is 0 Å². The fourth-order valence-electron chi connectivity index (χ4n) is 2.59. The SMILES string of the molecule is O=C(COc1cccc2ccccc12)Nc1cc(-n2cccn2)ncn1. The highest BCUT2D eigenvalue weighted by Gasteiger charge is 2.08. The van der Waals surface area contributed by atoms with Gasteiger partial charge in [-0.3, -0.25) is 4.79 Å². The lowest BCUT2D eigenvalue weighted by Crippen LogP contribution is -2.21. The molecule has 2 aromatic heterocycles. The third-order valence-corrected chi connectivity index (χ3v) is 3.77. The van der Waals surface area contributed by atoms with Crippen LogP contribution in [-0.2, 0) is 4.79 Å². The Bertz CT molecular complexity index is 1040. The maximum atomic E-state index is 12.2. The van der Waals surface area contributed by atoms with Crippen LogP contribution in [0, 0.1) is 0 Å². The van der Waals surface area contributed by atoms with E-state index in [1.165, 1.54) is 6.33 Å². The van der Waals surface area contributed by atoms with Gasteiger partial charge in [0.1, 0.15) is 17.9 Å². The molecule has 0 spiro atoms. The van der Waals surface area contributed by atoms with Crippen LogP contribution in [-0.4, -0.2) is 32.3 Å². The summed E-state index contributed by atoms with van der Waals surface area (Å²) in [5.74, 6) is 1.31. The summed E-state index contributed by atoms with van der Waals surface area (Å²) < 4.78 is 7.27. The summed E-state index contributed by atoms with van der Waals surface area (Å²) in [7, 11) is 0. The Kier molecular flexibility index (Phi) is 4.26. The normalized spacial score (nSPS) is 10.6. The Balaban J connectivity index is 1.44. The number of aromatic nitrogens is 4. The van der Waals surface area contributed by atoms with Crippen LogP contribution >= 0.6 is 0 Å². The predicted octanol–water partition coefficient (Wildman–Crippen LogP) is 2.83. The summed E-state index contributed by atoms with van der Waals surface area (Å²) in [6, 6.07) is 17.0. The maximum absolute atomic E-state index is 12.2. The number of fused-ring (bicyclic) bond motifs is 1. The van der Waals surface area contributed by atoms with Crippen LogP contribution in [0.1, 0.15) is 0 Å². The van der Waals surface area contributed by atoms with E-state index in [4.69, 9.17) is 4.74 Å². The van der Waals surface area contributed by atoms with E-state index in [-0.39, 0.29) is 12.5 Å². The van der Waals surface area contributed by atoms with Gasteiger partial charge < -0.3 is 10.1 Å². The maximum Gasteiger partial charge on any atom is 0.263 e. The number of carbonyl (C=O) groups excluding carboxylic acids is 1. The molecule has 4 aromatic rings. The number of rotatable bonds is 5. The molecule has 2 aromatic carbocycles. The Morgan fingerprint density at radius 2 is 1.96 bits per heavy atom. The lowest BCUT2D eigenvalue weighted by Gasteiger charge is -2.10. The van der Waals surface area contributed by atoms with E-state index in [1.807, 2.05) is 42.5 Å². The molecule has 2 heterocycles. The molecule has 0 aliphatic rings. The van der Waals surface area contributed by atoms with Crippen LogP contribution in [0.25, 0.3) is 16.6 Å². The van der Waals surface area contributed by atoms with E-state index in [2.05, 4.69) is 20.4 Å². The van der Waals surface area contributed by atoms with Gasteiger partial charge in [0.2, 0.25) is 0 Å². The molecular formula is C19H15N5O2. The largest absolute Gasteiger partial charge is 0.483 e. The second-order valence-corrected chi connectivity index (χ2v) is 5.53. The van der Waals surface area contributed by atoms with Crippen molar-refractivity contribution >= 4 is 22.5 Å². The third-order valence-electron chi connectivity index (χ3n) is 3.77. The van der Waals surface area contributed by atoms with Crippen molar-refractivity contribution < 1.29 is 9.53 Å². The minimum absolute atomic E-state index is 0.116. The zero-order valence-electron chi connectivity index (χ0n) is 13.7. The Labute approximate surface area is 149 Å². The number of anilines is 1. The zero-order valence-corrected chi connectivity index (χ0v) is 13.7. The van der Waals surface area contributed by atoms with Gasteiger partial charge in [-0.2, -0.15) is 5.10 Å². The molecule has 0 saturated carbocycles. The van der Waals surface area contributed by atoms with Gasteiger partial charge >= 0.3 is 0 Å². The quantitative estimate of drug-likeness (QED) is 0.601. The van der Waals surface area contributed by atoms with Gasteiger partial charge in [-0.15, -0.1) is 0 Å². The summed E-state index contributed by atoms with van der Waals surface area (Å²) in [5, 5.41) is 8.83. The summed E-state index contributed by atoms with van der Waals surface area (Å²) in [6.07, 6.45) is 4.79. The molecule has 0 fully saturated rings. The highest BCUT2D eigenvalue weighted by molar-refractivity contribution is 5.92. The highest BCUT2D eigenvalue weighted by atomic mass is 16.5. The number of hydrogen-bond acceptors (Lipinski definition) is 5. The summed E-state index contributed by atoms with van der Waals surface area (Å²) in [5.41, 5.74) is 0. The van der Waals surface area contributed by atoms with E-state index in [9.17, 15) is 4.79 Å². The van der Waals surface area contributed by atoms with Crippen LogP contribution in [0.4, 0.5) is 5.82 Å². The van der Waals surface area contributed by atoms with Crippen LogP contribution in [0.2, 0.25) is 0 Å². The van der Waals surface area contributed by atoms with Gasteiger partial charge in [-0.05, 0) is 17.5 Å². The van der Waals surface area contributed by atoms with Crippen molar-refractivity contribution in [2.75, 3.05) is 11.9 Å². The monoisotopic (exact) mass is 345 g/mol. The standard InChI is InChI=1S/C19H15N5O2/c25-19(12-26-16-8-3-6-14-5-1-2-7-15(14)16)23-17-11-18(21-13-20-17)24-10-4-9-22-24/h1-11,13H,12H2,(H,20,21,23,25). The second kappa shape index (κ2) is 7.02. The molecule has 0 unspecified atom stereocenters. The van der Waals surface area contributed by atoms with Crippen LogP contribution in [0.15, 0.2) is 73.3 Å². The van der Waals surface area contributed by atoms with Crippen molar-refractivity contribution in [3.05, 3.63) is 73.3 Å². The highest BCUT2D eigenvalue weighted by Crippen LogP contribution is 2.25. The lowest BCUT2D eigenvalue weighted by atomic mass is 10.1. The average molecular weight is 345 g/mol. The molecule has 0 aliphatic carbocycles. The minimum Gasteiger partial charge on any atom is -0.483 e. The van der Waals surface area contributed by atoms with Crippen LogP contribution in [0.3, 0.4) is 0 Å². The Hall–Kier alpha value is -3.74. The molecule has 26 heavy (non-hydrogen) atoms. The van der Waals surface area contributed by atoms with Crippen LogP contribution < -0.4 is 10.1 Å². The number of amides is 1. The molecular weight excluding hydrogens is 330 g/mol. The molecule has 7 nitrogen and oxygen atoms in total. The lowest BCUT2D eigenvalue weighted by molar-refractivity contribution is -0.118. The molecule has 7 heteroatoms. The first kappa shape index (κ1) is 15.8. The fraction of sp³-hybridized carbons (Fsp3) is 0.0526. The summed E-state index contributed by atoms with van der Waals surface area (Å²) >= 11 is 0. The fourth-order valence-corrected chi connectivity index (χ4v) is 2.59. The molecule has 0 bridgehead atoms. The topological polar surface area (TPSA) is 81.9 Å². The van der Waals surface area contributed by atoms with Crippen molar-refractivity contribution in [1.82, 2.24) is 19.7 Å². The summed E-state index contributed by atoms with van der Waals surface area (Å²) in [6.45, 7) is -0.116. The van der Waals surface area contributed by atoms with E-state index in [0.29, 0.717) is 17.4 Å². The molecule has 0 radical (unpaired) electrons. The van der Waals surface area contributed by atoms with Crippen molar-refractivity contribution in [1.29, 1.82) is 0 Å². The number of hydrogen-bond donors (Lipinski definition) is 1. The molecule has 128 valence electrons. The van der Waals surface area contributed by atoms with Crippen molar-refractivity contribution in [2.24, 2.45) is 0 Å². The van der Waals surface area contributed by atoms with E-state index in [0.717, 1.165) is 10.8 Å². The first-order valence-electron chi connectivity index (χ1n) is 8.02. The molecule has 1 N–H and O–H groups in total. The molecule has 0 aliphatic heterocycles. The van der Waals surface area contributed by atoms with E-state index in [1.54, 1.807) is 29.2 Å². The Morgan fingerprint density at radius 1 is 1.08 bits per heavy atom. The molecule has 1 amide bonds. The molecule has 0 saturated heterocycles. The third kappa shape index (κ3) is 3.36. The molecule has 4 rings (SSSR count). The zero-order chi connectivity index (χ0) is 17.8.